The highest BCUT2D eigenvalue weighted by molar-refractivity contribution is 7.21. The Morgan fingerprint density at radius 2 is 2.12 bits per heavy atom. The lowest BCUT2D eigenvalue weighted by Crippen LogP contribution is -2.36. The van der Waals surface area contributed by atoms with Gasteiger partial charge in [-0.3, -0.25) is 0 Å². The number of carbonyl (C=O) groups is 1. The van der Waals surface area contributed by atoms with Crippen molar-refractivity contribution < 1.29 is 9.21 Å². The van der Waals surface area contributed by atoms with Gasteiger partial charge in [-0.15, -0.1) is 11.3 Å². The van der Waals surface area contributed by atoms with E-state index in [9.17, 15) is 4.79 Å². The van der Waals surface area contributed by atoms with E-state index in [4.69, 9.17) is 4.42 Å². The molecule has 0 radical (unpaired) electrons. The van der Waals surface area contributed by atoms with Crippen LogP contribution in [0.1, 0.15) is 11.3 Å². The molecule has 4 rings (SSSR count). The number of thiophene rings is 1. The lowest BCUT2D eigenvalue weighted by Gasteiger charge is -2.16. The Morgan fingerprint density at radius 1 is 1.23 bits per heavy atom. The normalized spacial score (nSPS) is 11.0. The molecule has 0 bridgehead atoms. The fourth-order valence-corrected chi connectivity index (χ4v) is 4.18. The molecular formula is C19H17N3O2S2. The Labute approximate surface area is 158 Å². The van der Waals surface area contributed by atoms with Crippen molar-refractivity contribution in [1.82, 2.24) is 15.2 Å². The highest BCUT2D eigenvalue weighted by Gasteiger charge is 2.13. The van der Waals surface area contributed by atoms with Crippen molar-refractivity contribution in [1.29, 1.82) is 0 Å². The number of furan rings is 1. The predicted octanol–water partition coefficient (Wildman–Crippen LogP) is 4.96. The second-order valence-electron chi connectivity index (χ2n) is 5.90. The molecule has 0 atom stereocenters. The minimum absolute atomic E-state index is 0.130. The van der Waals surface area contributed by atoms with Gasteiger partial charge in [0, 0.05) is 13.6 Å². The summed E-state index contributed by atoms with van der Waals surface area (Å²) in [6.45, 7) is 0.933. The van der Waals surface area contributed by atoms with Crippen molar-refractivity contribution in [2.24, 2.45) is 0 Å². The maximum atomic E-state index is 12.2. The van der Waals surface area contributed by atoms with Crippen LogP contribution in [0.25, 0.3) is 21.0 Å². The maximum absolute atomic E-state index is 12.2. The summed E-state index contributed by atoms with van der Waals surface area (Å²) in [6, 6.07) is 13.7. The zero-order valence-corrected chi connectivity index (χ0v) is 15.8. The van der Waals surface area contributed by atoms with Crippen LogP contribution in [0.4, 0.5) is 4.79 Å². The monoisotopic (exact) mass is 383 g/mol. The molecule has 0 aliphatic rings. The van der Waals surface area contributed by atoms with Crippen LogP contribution in [0.3, 0.4) is 0 Å². The average Bonchev–Trinajstić information content (AvgIpc) is 3.38. The van der Waals surface area contributed by atoms with Crippen LogP contribution >= 0.6 is 22.7 Å². The molecule has 0 saturated heterocycles. The first-order valence-corrected chi connectivity index (χ1v) is 9.89. The predicted molar refractivity (Wildman–Crippen MR) is 105 cm³/mol. The van der Waals surface area contributed by atoms with Crippen molar-refractivity contribution in [3.05, 3.63) is 64.5 Å². The number of para-hydroxylation sites is 1. The standard InChI is InChI=1S/C19H17N3O2S2/c1-22(11-13-8-9-25-12-13)19(23)20-10-14-6-7-16(24-14)18-21-15-4-2-3-5-17(15)26-18/h2-9,12H,10-11H2,1H3,(H,20,23). The summed E-state index contributed by atoms with van der Waals surface area (Å²) in [6.07, 6.45) is 0. The summed E-state index contributed by atoms with van der Waals surface area (Å²) in [7, 11) is 1.78. The highest BCUT2D eigenvalue weighted by Crippen LogP contribution is 2.31. The SMILES string of the molecule is CN(Cc1ccsc1)C(=O)NCc1ccc(-c2nc3ccccc3s2)o1. The Morgan fingerprint density at radius 3 is 2.92 bits per heavy atom. The number of urea groups is 1. The van der Waals surface area contributed by atoms with Crippen LogP contribution in [-0.2, 0) is 13.1 Å². The fourth-order valence-electron chi connectivity index (χ4n) is 2.59. The number of nitrogens with zero attached hydrogens (tertiary/aromatic N) is 2. The number of amides is 2. The molecule has 26 heavy (non-hydrogen) atoms. The zero-order valence-electron chi connectivity index (χ0n) is 14.1. The van der Waals surface area contributed by atoms with Crippen molar-refractivity contribution in [3.8, 4) is 10.8 Å². The van der Waals surface area contributed by atoms with E-state index >= 15 is 0 Å². The van der Waals surface area contributed by atoms with Gasteiger partial charge in [0.05, 0.1) is 16.8 Å². The summed E-state index contributed by atoms with van der Waals surface area (Å²) < 4.78 is 6.98. The molecule has 0 unspecified atom stereocenters. The van der Waals surface area contributed by atoms with E-state index in [1.807, 2.05) is 53.2 Å². The Bertz CT molecular complexity index is 987. The molecule has 0 aliphatic carbocycles. The molecule has 132 valence electrons. The summed E-state index contributed by atoms with van der Waals surface area (Å²) >= 11 is 3.22. The largest absolute Gasteiger partial charge is 0.457 e. The molecule has 5 nitrogen and oxygen atoms in total. The minimum Gasteiger partial charge on any atom is -0.457 e. The van der Waals surface area contributed by atoms with Crippen molar-refractivity contribution >= 4 is 38.9 Å². The zero-order chi connectivity index (χ0) is 17.9. The Balaban J connectivity index is 1.38. The number of hydrogen-bond acceptors (Lipinski definition) is 5. The number of fused-ring (bicyclic) bond motifs is 1. The van der Waals surface area contributed by atoms with Gasteiger partial charge < -0.3 is 14.6 Å². The van der Waals surface area contributed by atoms with E-state index < -0.39 is 0 Å². The van der Waals surface area contributed by atoms with Gasteiger partial charge in [0.25, 0.3) is 0 Å². The molecule has 0 spiro atoms. The van der Waals surface area contributed by atoms with Crippen molar-refractivity contribution in [2.45, 2.75) is 13.1 Å². The van der Waals surface area contributed by atoms with E-state index in [-0.39, 0.29) is 6.03 Å². The van der Waals surface area contributed by atoms with Gasteiger partial charge in [-0.2, -0.15) is 11.3 Å². The van der Waals surface area contributed by atoms with Gasteiger partial charge in [-0.25, -0.2) is 9.78 Å². The third kappa shape index (κ3) is 3.63. The summed E-state index contributed by atoms with van der Waals surface area (Å²) in [5.74, 6) is 1.43. The minimum atomic E-state index is -0.130. The van der Waals surface area contributed by atoms with E-state index in [0.29, 0.717) is 18.8 Å². The van der Waals surface area contributed by atoms with Crippen LogP contribution in [0, 0.1) is 0 Å². The molecule has 2 amide bonds. The van der Waals surface area contributed by atoms with E-state index in [0.717, 1.165) is 26.5 Å². The van der Waals surface area contributed by atoms with Crippen molar-refractivity contribution in [3.63, 3.8) is 0 Å². The number of aromatic nitrogens is 1. The third-order valence-corrected chi connectivity index (χ3v) is 5.71. The molecule has 0 aliphatic heterocycles. The van der Waals surface area contributed by atoms with Crippen LogP contribution in [-0.4, -0.2) is 23.0 Å². The van der Waals surface area contributed by atoms with Gasteiger partial charge in [-0.1, -0.05) is 12.1 Å². The highest BCUT2D eigenvalue weighted by atomic mass is 32.1. The van der Waals surface area contributed by atoms with E-state index in [1.54, 1.807) is 34.6 Å². The maximum Gasteiger partial charge on any atom is 0.317 e. The molecule has 3 aromatic heterocycles. The Kier molecular flexibility index (Phi) is 4.73. The summed E-state index contributed by atoms with van der Waals surface area (Å²) in [5, 5.41) is 7.78. The van der Waals surface area contributed by atoms with Crippen molar-refractivity contribution in [2.75, 3.05) is 7.05 Å². The number of benzene rings is 1. The number of hydrogen-bond donors (Lipinski definition) is 1. The van der Waals surface area contributed by atoms with Gasteiger partial charge in [-0.05, 0) is 46.7 Å². The second-order valence-corrected chi connectivity index (χ2v) is 7.71. The molecule has 0 fully saturated rings. The van der Waals surface area contributed by atoms with Crippen LogP contribution in [0.15, 0.2) is 57.6 Å². The molecule has 3 heterocycles. The van der Waals surface area contributed by atoms with Gasteiger partial charge in [0.1, 0.15) is 5.76 Å². The average molecular weight is 383 g/mol. The Hall–Kier alpha value is -2.64. The molecule has 4 aromatic rings. The first kappa shape index (κ1) is 16.8. The first-order valence-electron chi connectivity index (χ1n) is 8.14. The van der Waals surface area contributed by atoms with Gasteiger partial charge >= 0.3 is 6.03 Å². The number of thiazole rings is 1. The third-order valence-electron chi connectivity index (χ3n) is 3.93. The topological polar surface area (TPSA) is 58.4 Å². The van der Waals surface area contributed by atoms with Crippen LogP contribution in [0.2, 0.25) is 0 Å². The quantitative estimate of drug-likeness (QED) is 0.530. The number of carbonyl (C=O) groups excluding carboxylic acids is 1. The lowest BCUT2D eigenvalue weighted by atomic mass is 10.3. The van der Waals surface area contributed by atoms with Crippen LogP contribution in [0.5, 0.6) is 0 Å². The van der Waals surface area contributed by atoms with Crippen LogP contribution < -0.4 is 5.32 Å². The van der Waals surface area contributed by atoms with Gasteiger partial charge in [0.15, 0.2) is 10.8 Å². The van der Waals surface area contributed by atoms with E-state index in [1.165, 1.54) is 0 Å². The summed E-state index contributed by atoms with van der Waals surface area (Å²) in [5.41, 5.74) is 2.09. The molecule has 7 heteroatoms. The van der Waals surface area contributed by atoms with E-state index in [2.05, 4.69) is 10.3 Å². The van der Waals surface area contributed by atoms with Gasteiger partial charge in [0.2, 0.25) is 0 Å². The number of rotatable bonds is 5. The first-order chi connectivity index (χ1) is 12.7. The fraction of sp³-hybridized carbons (Fsp3) is 0.158. The molecule has 0 saturated carbocycles. The number of nitrogens with one attached hydrogen (secondary N) is 1. The smallest absolute Gasteiger partial charge is 0.317 e. The summed E-state index contributed by atoms with van der Waals surface area (Å²) in [4.78, 5) is 18.4. The second kappa shape index (κ2) is 7.31. The lowest BCUT2D eigenvalue weighted by molar-refractivity contribution is 0.205. The molecule has 1 N–H and O–H groups in total. The molecule has 1 aromatic carbocycles. The molecular weight excluding hydrogens is 366 g/mol.